The summed E-state index contributed by atoms with van der Waals surface area (Å²) < 4.78 is 18.5. The number of nitrogens with zero attached hydrogens (tertiary/aromatic N) is 3. The fraction of sp³-hybridized carbons (Fsp3) is 0.536. The molecule has 1 N–H and O–H groups in total. The Morgan fingerprint density at radius 2 is 1.97 bits per heavy atom. The topological polar surface area (TPSA) is 44.4 Å². The van der Waals surface area contributed by atoms with Crippen molar-refractivity contribution < 1.29 is 9.13 Å². The standard InChI is InChI=1S/C28H33FN4O/c1-18-11-23-22-5-2-3-6-24(22)31-26(23)27(33(18)28-12-19(13-28)14-28)25-8-7-20(15-30-25)34-21-16-32(17-21)10-4-9-29/h2-3,5-8,15,18-19,21,27,31H,4,9-14,16-17H2,1H3/t18-,19?,27-,28?/m1/s1. The van der Waals surface area contributed by atoms with Crippen LogP contribution in [0.25, 0.3) is 10.9 Å². The molecule has 3 aromatic rings. The van der Waals surface area contributed by atoms with E-state index in [4.69, 9.17) is 9.72 Å². The highest BCUT2D eigenvalue weighted by molar-refractivity contribution is 5.85. The number of rotatable bonds is 7. The van der Waals surface area contributed by atoms with Crippen molar-refractivity contribution in [2.75, 3.05) is 26.3 Å². The van der Waals surface area contributed by atoms with Gasteiger partial charge in [0.1, 0.15) is 11.9 Å². The van der Waals surface area contributed by atoms with Crippen molar-refractivity contribution in [3.8, 4) is 5.75 Å². The van der Waals surface area contributed by atoms with Crippen LogP contribution in [0.5, 0.6) is 5.75 Å². The first-order valence-electron chi connectivity index (χ1n) is 12.9. The number of benzene rings is 1. The van der Waals surface area contributed by atoms with E-state index in [2.05, 4.69) is 58.1 Å². The van der Waals surface area contributed by atoms with Gasteiger partial charge in [-0.2, -0.15) is 0 Å². The Hall–Kier alpha value is -2.44. The molecule has 2 bridgehead atoms. The lowest BCUT2D eigenvalue weighted by atomic mass is 9.48. The number of H-pyrrole nitrogens is 1. The maximum absolute atomic E-state index is 12.4. The van der Waals surface area contributed by atoms with Crippen LogP contribution < -0.4 is 4.74 Å². The van der Waals surface area contributed by atoms with Crippen LogP contribution in [0, 0.1) is 5.92 Å². The number of halogens is 1. The number of aromatic nitrogens is 2. The van der Waals surface area contributed by atoms with Gasteiger partial charge in [-0.3, -0.25) is 19.2 Å². The minimum Gasteiger partial charge on any atom is -0.486 e. The fourth-order valence-electron chi connectivity index (χ4n) is 7.12. The van der Waals surface area contributed by atoms with Gasteiger partial charge in [0.25, 0.3) is 0 Å². The van der Waals surface area contributed by atoms with Gasteiger partial charge in [0, 0.05) is 47.8 Å². The van der Waals surface area contributed by atoms with E-state index in [9.17, 15) is 4.39 Å². The van der Waals surface area contributed by atoms with Crippen molar-refractivity contribution in [3.05, 3.63) is 59.5 Å². The molecule has 5 aliphatic rings. The van der Waals surface area contributed by atoms with E-state index in [0.29, 0.717) is 18.0 Å². The van der Waals surface area contributed by atoms with E-state index in [-0.39, 0.29) is 18.8 Å². The van der Waals surface area contributed by atoms with Crippen LogP contribution in [0.2, 0.25) is 0 Å². The highest BCUT2D eigenvalue weighted by Crippen LogP contribution is 2.64. The van der Waals surface area contributed by atoms with Gasteiger partial charge >= 0.3 is 0 Å². The van der Waals surface area contributed by atoms with Crippen molar-refractivity contribution in [1.82, 2.24) is 19.8 Å². The largest absolute Gasteiger partial charge is 0.486 e. The minimum atomic E-state index is -0.246. The van der Waals surface area contributed by atoms with Crippen LogP contribution in [0.3, 0.4) is 0 Å². The quantitative estimate of drug-likeness (QED) is 0.546. The average molecular weight is 461 g/mol. The van der Waals surface area contributed by atoms with Crippen molar-refractivity contribution in [2.24, 2.45) is 5.92 Å². The van der Waals surface area contributed by atoms with Crippen molar-refractivity contribution >= 4 is 10.9 Å². The van der Waals surface area contributed by atoms with Crippen molar-refractivity contribution in [2.45, 2.75) is 62.8 Å². The van der Waals surface area contributed by atoms with Gasteiger partial charge < -0.3 is 9.72 Å². The summed E-state index contributed by atoms with van der Waals surface area (Å²) in [5, 5.41) is 1.36. The molecule has 2 atom stereocenters. The Balaban J connectivity index is 1.18. The molecule has 0 spiro atoms. The number of ether oxygens (including phenoxy) is 1. The number of pyridine rings is 1. The first-order chi connectivity index (χ1) is 16.6. The summed E-state index contributed by atoms with van der Waals surface area (Å²) in [6.07, 6.45) is 7.80. The number of fused-ring (bicyclic) bond motifs is 3. The van der Waals surface area contributed by atoms with Crippen molar-refractivity contribution in [1.29, 1.82) is 0 Å². The van der Waals surface area contributed by atoms with Crippen molar-refractivity contribution in [3.63, 3.8) is 0 Å². The normalized spacial score (nSPS) is 30.9. The predicted octanol–water partition coefficient (Wildman–Crippen LogP) is 4.87. The van der Waals surface area contributed by atoms with E-state index < -0.39 is 0 Å². The summed E-state index contributed by atoms with van der Waals surface area (Å²) in [6, 6.07) is 13.6. The molecule has 34 heavy (non-hydrogen) atoms. The summed E-state index contributed by atoms with van der Waals surface area (Å²) in [4.78, 5) is 13.8. The van der Waals surface area contributed by atoms with E-state index in [1.165, 1.54) is 41.4 Å². The van der Waals surface area contributed by atoms with Crippen LogP contribution in [0.4, 0.5) is 4.39 Å². The third kappa shape index (κ3) is 3.14. The smallest absolute Gasteiger partial charge is 0.138 e. The van der Waals surface area contributed by atoms with Gasteiger partial charge in [-0.15, -0.1) is 0 Å². The zero-order chi connectivity index (χ0) is 22.9. The molecule has 2 aromatic heterocycles. The first-order valence-corrected chi connectivity index (χ1v) is 12.9. The minimum absolute atomic E-state index is 0.154. The number of alkyl halides is 1. The molecule has 0 amide bonds. The molecular formula is C28H33FN4O. The molecule has 1 saturated heterocycles. The summed E-state index contributed by atoms with van der Waals surface area (Å²) in [5.74, 6) is 1.77. The zero-order valence-corrected chi connectivity index (χ0v) is 19.8. The van der Waals surface area contributed by atoms with Gasteiger partial charge in [0.2, 0.25) is 0 Å². The molecule has 8 rings (SSSR count). The van der Waals surface area contributed by atoms with E-state index >= 15 is 0 Å². The Morgan fingerprint density at radius 3 is 2.68 bits per heavy atom. The van der Waals surface area contributed by atoms with Gasteiger partial charge in [-0.1, -0.05) is 18.2 Å². The second-order valence-electron chi connectivity index (χ2n) is 11.1. The van der Waals surface area contributed by atoms with Gasteiger partial charge in [0.15, 0.2) is 0 Å². The number of aromatic amines is 1. The summed E-state index contributed by atoms with van der Waals surface area (Å²) in [6.45, 7) is 4.72. The molecule has 2 aliphatic heterocycles. The lowest BCUT2D eigenvalue weighted by molar-refractivity contribution is -0.174. The molecule has 4 heterocycles. The number of nitrogens with one attached hydrogen (secondary N) is 1. The molecule has 3 aliphatic carbocycles. The van der Waals surface area contributed by atoms with Crippen LogP contribution in [-0.2, 0) is 6.42 Å². The summed E-state index contributed by atoms with van der Waals surface area (Å²) >= 11 is 0. The second-order valence-corrected chi connectivity index (χ2v) is 11.1. The monoisotopic (exact) mass is 460 g/mol. The Kier molecular flexibility index (Phi) is 4.78. The third-order valence-electron chi connectivity index (χ3n) is 8.80. The van der Waals surface area contributed by atoms with Crippen LogP contribution >= 0.6 is 0 Å². The highest BCUT2D eigenvalue weighted by Gasteiger charge is 2.63. The second kappa shape index (κ2) is 7.79. The Bertz CT molecular complexity index is 1180. The van der Waals surface area contributed by atoms with Gasteiger partial charge in [-0.05, 0) is 68.7 Å². The average Bonchev–Trinajstić information content (AvgIpc) is 3.12. The molecule has 0 unspecified atom stereocenters. The maximum atomic E-state index is 12.4. The Morgan fingerprint density at radius 1 is 1.15 bits per heavy atom. The number of hydrogen-bond acceptors (Lipinski definition) is 4. The summed E-state index contributed by atoms with van der Waals surface area (Å²) in [7, 11) is 0. The summed E-state index contributed by atoms with van der Waals surface area (Å²) in [5.41, 5.74) is 5.48. The molecule has 0 radical (unpaired) electrons. The first kappa shape index (κ1) is 20.9. The molecule has 6 heteroatoms. The molecular weight excluding hydrogens is 427 g/mol. The molecule has 3 saturated carbocycles. The number of para-hydroxylation sites is 1. The molecule has 4 fully saturated rings. The fourth-order valence-corrected chi connectivity index (χ4v) is 7.12. The Labute approximate surface area is 200 Å². The van der Waals surface area contributed by atoms with Gasteiger partial charge in [0.05, 0.1) is 24.6 Å². The van der Waals surface area contributed by atoms with E-state index in [1.807, 2.05) is 6.20 Å². The third-order valence-corrected chi connectivity index (χ3v) is 8.80. The number of likely N-dealkylation sites (tertiary alicyclic amines) is 1. The highest BCUT2D eigenvalue weighted by atomic mass is 19.1. The molecule has 5 nitrogen and oxygen atoms in total. The van der Waals surface area contributed by atoms with Gasteiger partial charge in [-0.25, -0.2) is 0 Å². The predicted molar refractivity (Wildman–Crippen MR) is 131 cm³/mol. The SMILES string of the molecule is C[C@@H]1Cc2c([nH]c3ccccc23)[C@@H](c2ccc(OC3CN(CCCF)C3)cn2)N1C12CC(C1)C2. The molecule has 1 aromatic carbocycles. The maximum Gasteiger partial charge on any atom is 0.138 e. The van der Waals surface area contributed by atoms with Crippen LogP contribution in [-0.4, -0.2) is 63.8 Å². The lowest BCUT2D eigenvalue weighted by Gasteiger charge is -2.69. The van der Waals surface area contributed by atoms with E-state index in [0.717, 1.165) is 43.4 Å². The molecule has 178 valence electrons. The zero-order valence-electron chi connectivity index (χ0n) is 19.8. The van der Waals surface area contributed by atoms with Crippen LogP contribution in [0.15, 0.2) is 42.6 Å². The van der Waals surface area contributed by atoms with Crippen LogP contribution in [0.1, 0.15) is 55.6 Å². The number of hydrogen-bond donors (Lipinski definition) is 1. The van der Waals surface area contributed by atoms with E-state index in [1.54, 1.807) is 0 Å². The lowest BCUT2D eigenvalue weighted by Crippen LogP contribution is -2.71.